The van der Waals surface area contributed by atoms with Crippen molar-refractivity contribution in [3.63, 3.8) is 0 Å². The zero-order valence-corrected chi connectivity index (χ0v) is 20.2. The molecule has 0 fully saturated rings. The summed E-state index contributed by atoms with van der Waals surface area (Å²) in [4.78, 5) is 12.4. The minimum absolute atomic E-state index is 0.489. The quantitative estimate of drug-likeness (QED) is 0.237. The maximum Gasteiger partial charge on any atom is 0.309 e. The highest BCUT2D eigenvalue weighted by Gasteiger charge is 2.39. The molecule has 2 nitrogen and oxygen atoms in total. The van der Waals surface area contributed by atoms with Gasteiger partial charge < -0.3 is 5.11 Å². The van der Waals surface area contributed by atoms with Gasteiger partial charge in [-0.1, -0.05) is 106 Å². The van der Waals surface area contributed by atoms with E-state index in [0.29, 0.717) is 5.92 Å². The van der Waals surface area contributed by atoms with E-state index in [2.05, 4.69) is 41.5 Å². The second-order valence-corrected chi connectivity index (χ2v) is 9.43. The van der Waals surface area contributed by atoms with Gasteiger partial charge in [0.1, 0.15) is 0 Å². The molecule has 0 radical (unpaired) electrons. The highest BCUT2D eigenvalue weighted by molar-refractivity contribution is 5.74. The van der Waals surface area contributed by atoms with Crippen molar-refractivity contribution in [3.05, 3.63) is 0 Å². The molecular formula is C26H52O2. The van der Waals surface area contributed by atoms with Crippen molar-refractivity contribution in [3.8, 4) is 0 Å². The largest absolute Gasteiger partial charge is 0.481 e. The topological polar surface area (TPSA) is 37.3 Å². The van der Waals surface area contributed by atoms with E-state index in [0.717, 1.165) is 63.2 Å². The molecule has 0 aromatic heterocycles. The number of hydrogen-bond donors (Lipinski definition) is 1. The summed E-state index contributed by atoms with van der Waals surface area (Å²) >= 11 is 0. The fourth-order valence-corrected chi connectivity index (χ4v) is 4.96. The minimum Gasteiger partial charge on any atom is -0.481 e. The number of carbonyl (C=O) groups is 1. The van der Waals surface area contributed by atoms with Crippen molar-refractivity contribution < 1.29 is 9.90 Å². The molecule has 0 saturated carbocycles. The highest BCUT2D eigenvalue weighted by Crippen LogP contribution is 2.41. The smallest absolute Gasteiger partial charge is 0.309 e. The van der Waals surface area contributed by atoms with E-state index in [1.807, 2.05) is 0 Å². The van der Waals surface area contributed by atoms with Crippen LogP contribution in [0.25, 0.3) is 0 Å². The predicted octanol–water partition coefficient (Wildman–Crippen LogP) is 8.88. The molecule has 0 aliphatic heterocycles. The van der Waals surface area contributed by atoms with Crippen molar-refractivity contribution in [2.75, 3.05) is 0 Å². The minimum atomic E-state index is -0.532. The first-order valence-electron chi connectivity index (χ1n) is 12.7. The molecule has 28 heavy (non-hydrogen) atoms. The molecule has 0 aliphatic carbocycles. The van der Waals surface area contributed by atoms with Crippen LogP contribution in [0.5, 0.6) is 0 Å². The van der Waals surface area contributed by atoms with Gasteiger partial charge in [0.25, 0.3) is 0 Å². The average Bonchev–Trinajstić information content (AvgIpc) is 2.70. The van der Waals surface area contributed by atoms with Gasteiger partial charge in [-0.3, -0.25) is 4.79 Å². The SMILES string of the molecule is CCCCC(CC)CC(CC)CC(CC)CC(CCCC)(CCCC)C(=O)O. The zero-order chi connectivity index (χ0) is 21.4. The van der Waals surface area contributed by atoms with E-state index >= 15 is 0 Å². The Kier molecular flexibility index (Phi) is 16.0. The van der Waals surface area contributed by atoms with E-state index in [9.17, 15) is 9.90 Å². The molecule has 168 valence electrons. The van der Waals surface area contributed by atoms with Crippen LogP contribution in [0.3, 0.4) is 0 Å². The highest BCUT2D eigenvalue weighted by atomic mass is 16.4. The molecule has 2 heteroatoms. The zero-order valence-electron chi connectivity index (χ0n) is 20.2. The lowest BCUT2D eigenvalue weighted by atomic mass is 9.69. The Morgan fingerprint density at radius 2 is 1.18 bits per heavy atom. The van der Waals surface area contributed by atoms with Crippen LogP contribution < -0.4 is 0 Å². The van der Waals surface area contributed by atoms with E-state index in [4.69, 9.17) is 0 Å². The van der Waals surface area contributed by atoms with Crippen LogP contribution in [0.4, 0.5) is 0 Å². The third-order valence-corrected chi connectivity index (χ3v) is 7.18. The maximum atomic E-state index is 12.4. The van der Waals surface area contributed by atoms with Crippen LogP contribution in [0.1, 0.15) is 138 Å². The molecule has 0 aromatic carbocycles. The van der Waals surface area contributed by atoms with Crippen LogP contribution >= 0.6 is 0 Å². The lowest BCUT2D eigenvalue weighted by Crippen LogP contribution is -2.34. The molecule has 0 bridgehead atoms. The van der Waals surface area contributed by atoms with Gasteiger partial charge in [-0.05, 0) is 49.9 Å². The first-order chi connectivity index (χ1) is 13.4. The Hall–Kier alpha value is -0.530. The number of carboxylic acid groups (broad SMARTS) is 1. The molecule has 0 aromatic rings. The molecule has 0 heterocycles. The molecule has 0 rings (SSSR count). The fourth-order valence-electron chi connectivity index (χ4n) is 4.96. The predicted molar refractivity (Wildman–Crippen MR) is 124 cm³/mol. The Labute approximate surface area is 177 Å². The van der Waals surface area contributed by atoms with E-state index in [1.165, 1.54) is 44.9 Å². The third kappa shape index (κ3) is 10.3. The summed E-state index contributed by atoms with van der Waals surface area (Å²) in [5.74, 6) is 1.64. The second-order valence-electron chi connectivity index (χ2n) is 9.43. The van der Waals surface area contributed by atoms with Gasteiger partial charge in [0, 0.05) is 0 Å². The fraction of sp³-hybridized carbons (Fsp3) is 0.962. The van der Waals surface area contributed by atoms with Crippen LogP contribution in [0.15, 0.2) is 0 Å². The van der Waals surface area contributed by atoms with Crippen LogP contribution in [0.2, 0.25) is 0 Å². The Balaban J connectivity index is 5.15. The number of hydrogen-bond acceptors (Lipinski definition) is 1. The van der Waals surface area contributed by atoms with Crippen molar-refractivity contribution in [1.82, 2.24) is 0 Å². The summed E-state index contributed by atoms with van der Waals surface area (Å²) in [7, 11) is 0. The molecule has 0 amide bonds. The van der Waals surface area contributed by atoms with Crippen molar-refractivity contribution in [2.24, 2.45) is 23.2 Å². The number of aliphatic carboxylic acids is 1. The Morgan fingerprint density at radius 1 is 0.714 bits per heavy atom. The van der Waals surface area contributed by atoms with E-state index in [1.54, 1.807) is 0 Å². The first kappa shape index (κ1) is 27.5. The van der Waals surface area contributed by atoms with E-state index in [-0.39, 0.29) is 0 Å². The molecule has 1 N–H and O–H groups in total. The van der Waals surface area contributed by atoms with Gasteiger partial charge in [-0.2, -0.15) is 0 Å². The van der Waals surface area contributed by atoms with Crippen molar-refractivity contribution >= 4 is 5.97 Å². The summed E-state index contributed by atoms with van der Waals surface area (Å²) in [5.41, 5.74) is -0.489. The summed E-state index contributed by atoms with van der Waals surface area (Å²) in [6, 6.07) is 0. The summed E-state index contributed by atoms with van der Waals surface area (Å²) in [6.07, 6.45) is 17.1. The monoisotopic (exact) mass is 396 g/mol. The number of unbranched alkanes of at least 4 members (excludes halogenated alkanes) is 3. The third-order valence-electron chi connectivity index (χ3n) is 7.18. The second kappa shape index (κ2) is 16.3. The van der Waals surface area contributed by atoms with Gasteiger partial charge in [-0.15, -0.1) is 0 Å². The van der Waals surface area contributed by atoms with Crippen molar-refractivity contribution in [1.29, 1.82) is 0 Å². The lowest BCUT2D eigenvalue weighted by Gasteiger charge is -2.35. The Morgan fingerprint density at radius 3 is 1.57 bits per heavy atom. The number of carboxylic acids is 1. The van der Waals surface area contributed by atoms with Gasteiger partial charge in [0.05, 0.1) is 5.41 Å². The van der Waals surface area contributed by atoms with Gasteiger partial charge in [-0.25, -0.2) is 0 Å². The standard InChI is InChI=1S/C26H52O2/c1-7-13-16-22(10-4)19-23(11-5)20-24(12-6)21-26(25(27)28,17-14-8-2)18-15-9-3/h22-24H,7-21H2,1-6H3,(H,27,28). The molecule has 0 spiro atoms. The maximum absolute atomic E-state index is 12.4. The average molecular weight is 397 g/mol. The molecular weight excluding hydrogens is 344 g/mol. The molecule has 0 aliphatic rings. The van der Waals surface area contributed by atoms with Gasteiger partial charge in [0.2, 0.25) is 0 Å². The molecule has 3 atom stereocenters. The van der Waals surface area contributed by atoms with Crippen LogP contribution in [-0.4, -0.2) is 11.1 Å². The lowest BCUT2D eigenvalue weighted by molar-refractivity contribution is -0.151. The Bertz CT molecular complexity index is 369. The number of rotatable bonds is 19. The van der Waals surface area contributed by atoms with Crippen LogP contribution in [-0.2, 0) is 4.79 Å². The summed E-state index contributed by atoms with van der Waals surface area (Å²) < 4.78 is 0. The van der Waals surface area contributed by atoms with Crippen molar-refractivity contribution in [2.45, 2.75) is 138 Å². The van der Waals surface area contributed by atoms with Gasteiger partial charge in [0.15, 0.2) is 0 Å². The van der Waals surface area contributed by atoms with Crippen LogP contribution in [0, 0.1) is 23.2 Å². The normalized spacial score (nSPS) is 15.4. The van der Waals surface area contributed by atoms with E-state index < -0.39 is 11.4 Å². The first-order valence-corrected chi connectivity index (χ1v) is 12.7. The van der Waals surface area contributed by atoms with Gasteiger partial charge >= 0.3 is 5.97 Å². The summed E-state index contributed by atoms with van der Waals surface area (Å²) in [6.45, 7) is 13.6. The molecule has 3 unspecified atom stereocenters. The molecule has 0 saturated heterocycles. The summed E-state index contributed by atoms with van der Waals surface area (Å²) in [5, 5.41) is 10.2.